The zero-order valence-electron chi connectivity index (χ0n) is 11.6. The highest BCUT2D eigenvalue weighted by atomic mass is 79.9. The lowest BCUT2D eigenvalue weighted by molar-refractivity contribution is -0.0282. The van der Waals surface area contributed by atoms with Gasteiger partial charge >= 0.3 is 0 Å². The van der Waals surface area contributed by atoms with Crippen molar-refractivity contribution in [2.45, 2.75) is 26.1 Å². The molecule has 0 heterocycles. The molecule has 5 heteroatoms. The average Bonchev–Trinajstić information content (AvgIpc) is 2.35. The fourth-order valence-electron chi connectivity index (χ4n) is 1.61. The van der Waals surface area contributed by atoms with Gasteiger partial charge in [0, 0.05) is 23.8 Å². The van der Waals surface area contributed by atoms with Gasteiger partial charge in [0.1, 0.15) is 0 Å². The van der Waals surface area contributed by atoms with Gasteiger partial charge in [-0.1, -0.05) is 6.07 Å². The first-order valence-corrected chi connectivity index (χ1v) is 7.11. The third-order valence-corrected chi connectivity index (χ3v) is 3.28. The molecule has 1 aromatic carbocycles. The lowest BCUT2D eigenvalue weighted by atomic mass is 10.2. The summed E-state index contributed by atoms with van der Waals surface area (Å²) in [4.78, 5) is 0. The summed E-state index contributed by atoms with van der Waals surface area (Å²) >= 11 is 3.49. The number of aliphatic hydroxyl groups excluding tert-OH is 1. The van der Waals surface area contributed by atoms with E-state index in [4.69, 9.17) is 9.47 Å². The van der Waals surface area contributed by atoms with E-state index in [1.165, 1.54) is 5.56 Å². The summed E-state index contributed by atoms with van der Waals surface area (Å²) in [5.74, 6) is 0. The molecular weight excluding hydrogens is 310 g/mol. The second-order valence-corrected chi connectivity index (χ2v) is 5.47. The van der Waals surface area contributed by atoms with E-state index in [1.54, 1.807) is 7.11 Å². The monoisotopic (exact) mass is 331 g/mol. The highest BCUT2D eigenvalue weighted by Crippen LogP contribution is 2.23. The van der Waals surface area contributed by atoms with Gasteiger partial charge in [0.15, 0.2) is 0 Å². The van der Waals surface area contributed by atoms with Crippen molar-refractivity contribution in [3.63, 3.8) is 0 Å². The number of aliphatic hydroxyl groups is 1. The Balaban J connectivity index is 2.31. The number of halogens is 1. The number of hydrogen-bond acceptors (Lipinski definition) is 4. The summed E-state index contributed by atoms with van der Waals surface area (Å²) in [7, 11) is 1.63. The fraction of sp³-hybridized carbons (Fsp3) is 0.571. The summed E-state index contributed by atoms with van der Waals surface area (Å²) in [6.07, 6.45) is -0.557. The van der Waals surface area contributed by atoms with Crippen molar-refractivity contribution in [1.82, 2.24) is 0 Å². The molecule has 2 N–H and O–H groups in total. The second kappa shape index (κ2) is 8.53. The number of nitrogens with one attached hydrogen (secondary N) is 1. The summed E-state index contributed by atoms with van der Waals surface area (Å²) in [5.41, 5.74) is 2.16. The maximum atomic E-state index is 9.83. The minimum Gasteiger partial charge on any atom is -0.389 e. The molecule has 19 heavy (non-hydrogen) atoms. The van der Waals surface area contributed by atoms with Crippen LogP contribution in [0.1, 0.15) is 12.5 Å². The van der Waals surface area contributed by atoms with Crippen molar-refractivity contribution in [3.8, 4) is 0 Å². The zero-order valence-corrected chi connectivity index (χ0v) is 13.2. The fourth-order valence-corrected chi connectivity index (χ4v) is 2.24. The quantitative estimate of drug-likeness (QED) is 0.768. The lowest BCUT2D eigenvalue weighted by Crippen LogP contribution is -2.28. The highest BCUT2D eigenvalue weighted by molar-refractivity contribution is 9.10. The van der Waals surface area contributed by atoms with Crippen LogP contribution in [0.25, 0.3) is 0 Å². The van der Waals surface area contributed by atoms with E-state index >= 15 is 0 Å². The van der Waals surface area contributed by atoms with E-state index in [-0.39, 0.29) is 6.10 Å². The maximum absolute atomic E-state index is 9.83. The van der Waals surface area contributed by atoms with Crippen LogP contribution in [-0.2, 0) is 9.47 Å². The molecule has 1 rings (SSSR count). The van der Waals surface area contributed by atoms with Crippen molar-refractivity contribution in [3.05, 3.63) is 28.2 Å². The van der Waals surface area contributed by atoms with Crippen molar-refractivity contribution in [2.24, 2.45) is 0 Å². The molecular formula is C14H22BrNO3. The number of anilines is 1. The molecule has 0 aliphatic rings. The van der Waals surface area contributed by atoms with E-state index < -0.39 is 6.10 Å². The predicted molar refractivity (Wildman–Crippen MR) is 80.7 cm³/mol. The standard InChI is InChI=1S/C14H22BrNO3/c1-10-4-5-14(13(15)6-10)16-7-12(17)9-19-11(2)8-18-3/h4-6,11-12,16-17H,7-9H2,1-3H3. The molecule has 0 aromatic heterocycles. The molecule has 2 unspecified atom stereocenters. The SMILES string of the molecule is COCC(C)OCC(O)CNc1ccc(C)cc1Br. The molecule has 0 fully saturated rings. The Bertz CT molecular complexity index is 387. The summed E-state index contributed by atoms with van der Waals surface area (Å²) in [5, 5.41) is 13.0. The van der Waals surface area contributed by atoms with Crippen molar-refractivity contribution >= 4 is 21.6 Å². The van der Waals surface area contributed by atoms with Gasteiger partial charge in [-0.05, 0) is 47.5 Å². The Morgan fingerprint density at radius 3 is 2.74 bits per heavy atom. The Kier molecular flexibility index (Phi) is 7.38. The molecule has 0 aliphatic carbocycles. The van der Waals surface area contributed by atoms with Crippen LogP contribution in [0.15, 0.2) is 22.7 Å². The third kappa shape index (κ3) is 6.38. The number of hydrogen-bond donors (Lipinski definition) is 2. The van der Waals surface area contributed by atoms with Gasteiger partial charge in [-0.2, -0.15) is 0 Å². The largest absolute Gasteiger partial charge is 0.389 e. The first kappa shape index (κ1) is 16.4. The van der Waals surface area contributed by atoms with Gasteiger partial charge in [-0.25, -0.2) is 0 Å². The van der Waals surface area contributed by atoms with Crippen molar-refractivity contribution < 1.29 is 14.6 Å². The van der Waals surface area contributed by atoms with Crippen molar-refractivity contribution in [2.75, 3.05) is 32.2 Å². The van der Waals surface area contributed by atoms with Gasteiger partial charge in [0.2, 0.25) is 0 Å². The molecule has 2 atom stereocenters. The van der Waals surface area contributed by atoms with Crippen molar-refractivity contribution in [1.29, 1.82) is 0 Å². The Morgan fingerprint density at radius 1 is 1.37 bits per heavy atom. The molecule has 0 saturated carbocycles. The Hall–Kier alpha value is -0.620. The lowest BCUT2D eigenvalue weighted by Gasteiger charge is -2.17. The van der Waals surface area contributed by atoms with E-state index in [0.717, 1.165) is 10.2 Å². The number of aryl methyl sites for hydroxylation is 1. The van der Waals surface area contributed by atoms with Crippen LogP contribution >= 0.6 is 15.9 Å². The number of rotatable bonds is 8. The topological polar surface area (TPSA) is 50.7 Å². The number of benzene rings is 1. The van der Waals surface area contributed by atoms with Crippen LogP contribution < -0.4 is 5.32 Å². The number of methoxy groups -OCH3 is 1. The Morgan fingerprint density at radius 2 is 2.11 bits per heavy atom. The van der Waals surface area contributed by atoms with E-state index in [1.807, 2.05) is 32.0 Å². The minimum atomic E-state index is -0.549. The Labute approximate surface area is 123 Å². The summed E-state index contributed by atoms with van der Waals surface area (Å²) in [6.45, 7) is 5.22. The van der Waals surface area contributed by atoms with Crippen LogP contribution in [0.4, 0.5) is 5.69 Å². The molecule has 0 saturated heterocycles. The van der Waals surface area contributed by atoms with Crippen LogP contribution in [0, 0.1) is 6.92 Å². The van der Waals surface area contributed by atoms with Crippen LogP contribution in [0.5, 0.6) is 0 Å². The zero-order chi connectivity index (χ0) is 14.3. The molecule has 4 nitrogen and oxygen atoms in total. The maximum Gasteiger partial charge on any atom is 0.0945 e. The van der Waals surface area contributed by atoms with Gasteiger partial charge in [-0.3, -0.25) is 0 Å². The van der Waals surface area contributed by atoms with Crippen LogP contribution in [0.3, 0.4) is 0 Å². The van der Waals surface area contributed by atoms with Crippen LogP contribution in [0.2, 0.25) is 0 Å². The van der Waals surface area contributed by atoms with E-state index in [2.05, 4.69) is 21.2 Å². The van der Waals surface area contributed by atoms with E-state index in [0.29, 0.717) is 19.8 Å². The molecule has 0 radical (unpaired) electrons. The van der Waals surface area contributed by atoms with Gasteiger partial charge < -0.3 is 19.9 Å². The molecule has 0 spiro atoms. The number of ether oxygens (including phenoxy) is 2. The smallest absolute Gasteiger partial charge is 0.0945 e. The second-order valence-electron chi connectivity index (χ2n) is 4.62. The first-order chi connectivity index (χ1) is 9.02. The minimum absolute atomic E-state index is 0.00855. The van der Waals surface area contributed by atoms with Gasteiger partial charge in [-0.15, -0.1) is 0 Å². The van der Waals surface area contributed by atoms with Gasteiger partial charge in [0.25, 0.3) is 0 Å². The molecule has 1 aromatic rings. The van der Waals surface area contributed by atoms with Crippen LogP contribution in [-0.4, -0.2) is 44.2 Å². The molecule has 0 amide bonds. The summed E-state index contributed by atoms with van der Waals surface area (Å²) in [6, 6.07) is 6.04. The molecule has 0 bridgehead atoms. The first-order valence-electron chi connectivity index (χ1n) is 6.31. The predicted octanol–water partition coefficient (Wildman–Crippen LogP) is 2.58. The molecule has 108 valence electrons. The molecule has 0 aliphatic heterocycles. The average molecular weight is 332 g/mol. The highest BCUT2D eigenvalue weighted by Gasteiger charge is 2.08. The third-order valence-electron chi connectivity index (χ3n) is 2.63. The van der Waals surface area contributed by atoms with Gasteiger partial charge in [0.05, 0.1) is 25.4 Å². The normalized spacial score (nSPS) is 14.2. The summed E-state index contributed by atoms with van der Waals surface area (Å²) < 4.78 is 11.4. The van der Waals surface area contributed by atoms with E-state index in [9.17, 15) is 5.11 Å².